The Labute approximate surface area is 150 Å². The molecular weight excluding hydrogens is 336 g/mol. The van der Waals surface area contributed by atoms with Crippen LogP contribution in [0.15, 0.2) is 53.1 Å². The van der Waals surface area contributed by atoms with Crippen LogP contribution in [0.2, 0.25) is 0 Å². The van der Waals surface area contributed by atoms with E-state index in [9.17, 15) is 4.79 Å². The number of ether oxygens (including phenoxy) is 1. The van der Waals surface area contributed by atoms with Gasteiger partial charge in [0.15, 0.2) is 10.8 Å². The number of hydrogen-bond donors (Lipinski definition) is 1. The highest BCUT2D eigenvalue weighted by Crippen LogP contribution is 2.34. The van der Waals surface area contributed by atoms with Crippen LogP contribution in [-0.4, -0.2) is 30.6 Å². The third-order valence-electron chi connectivity index (χ3n) is 3.75. The lowest BCUT2D eigenvalue weighted by Crippen LogP contribution is -2.33. The minimum Gasteiger partial charge on any atom is -0.462 e. The fraction of sp³-hybridized carbons (Fsp3) is 0.263. The van der Waals surface area contributed by atoms with Gasteiger partial charge in [-0.05, 0) is 25.5 Å². The lowest BCUT2D eigenvalue weighted by atomic mass is 10.1. The fourth-order valence-electron chi connectivity index (χ4n) is 2.43. The van der Waals surface area contributed by atoms with Crippen molar-refractivity contribution in [2.45, 2.75) is 19.4 Å². The van der Waals surface area contributed by atoms with Crippen LogP contribution < -0.4 is 5.32 Å². The van der Waals surface area contributed by atoms with E-state index in [2.05, 4.69) is 10.3 Å². The molecule has 3 rings (SSSR count). The van der Waals surface area contributed by atoms with Crippen LogP contribution in [-0.2, 0) is 4.74 Å². The Kier molecular flexibility index (Phi) is 5.63. The van der Waals surface area contributed by atoms with Gasteiger partial charge in [-0.2, -0.15) is 0 Å². The molecule has 1 N–H and O–H groups in total. The van der Waals surface area contributed by atoms with Crippen LogP contribution in [0.5, 0.6) is 0 Å². The Morgan fingerprint density at radius 2 is 2.08 bits per heavy atom. The molecule has 0 aliphatic carbocycles. The highest BCUT2D eigenvalue weighted by molar-refractivity contribution is 7.17. The SMILES string of the molecule is COCCC(C)NC(=O)c1sc(-c2ccco2)nc1-c1ccccc1. The first-order valence-corrected chi connectivity index (χ1v) is 8.90. The largest absolute Gasteiger partial charge is 0.462 e. The minimum absolute atomic E-state index is 0.0187. The highest BCUT2D eigenvalue weighted by Gasteiger charge is 2.22. The molecule has 3 aromatic rings. The highest BCUT2D eigenvalue weighted by atomic mass is 32.1. The van der Waals surface area contributed by atoms with Crippen LogP contribution in [0, 0.1) is 0 Å². The number of furan rings is 1. The van der Waals surface area contributed by atoms with E-state index in [-0.39, 0.29) is 11.9 Å². The molecule has 25 heavy (non-hydrogen) atoms. The van der Waals surface area contributed by atoms with E-state index in [0.29, 0.717) is 27.9 Å². The number of nitrogens with one attached hydrogen (secondary N) is 1. The lowest BCUT2D eigenvalue weighted by Gasteiger charge is -2.13. The van der Waals surface area contributed by atoms with Gasteiger partial charge in [0.25, 0.3) is 5.91 Å². The van der Waals surface area contributed by atoms with Crippen molar-refractivity contribution < 1.29 is 13.9 Å². The molecule has 2 heterocycles. The number of aromatic nitrogens is 1. The van der Waals surface area contributed by atoms with Gasteiger partial charge in [-0.3, -0.25) is 4.79 Å². The van der Waals surface area contributed by atoms with Gasteiger partial charge in [-0.25, -0.2) is 4.98 Å². The van der Waals surface area contributed by atoms with E-state index < -0.39 is 0 Å². The number of rotatable bonds is 7. The first-order chi connectivity index (χ1) is 12.2. The molecular formula is C19H20N2O3S. The molecule has 0 fully saturated rings. The van der Waals surface area contributed by atoms with Crippen molar-refractivity contribution in [1.29, 1.82) is 0 Å². The quantitative estimate of drug-likeness (QED) is 0.688. The maximum Gasteiger partial charge on any atom is 0.263 e. The Morgan fingerprint density at radius 3 is 2.76 bits per heavy atom. The Morgan fingerprint density at radius 1 is 1.28 bits per heavy atom. The number of amides is 1. The second-order valence-electron chi connectivity index (χ2n) is 5.70. The number of thiazole rings is 1. The summed E-state index contributed by atoms with van der Waals surface area (Å²) in [6, 6.07) is 13.4. The van der Waals surface area contributed by atoms with Gasteiger partial charge in [-0.15, -0.1) is 11.3 Å². The van der Waals surface area contributed by atoms with Crippen molar-refractivity contribution in [2.75, 3.05) is 13.7 Å². The van der Waals surface area contributed by atoms with Crippen LogP contribution in [0.1, 0.15) is 23.0 Å². The van der Waals surface area contributed by atoms with Gasteiger partial charge in [0, 0.05) is 25.3 Å². The number of hydrogen-bond acceptors (Lipinski definition) is 5. The first kappa shape index (κ1) is 17.4. The van der Waals surface area contributed by atoms with Crippen LogP contribution in [0.3, 0.4) is 0 Å². The smallest absolute Gasteiger partial charge is 0.263 e. The second kappa shape index (κ2) is 8.09. The van der Waals surface area contributed by atoms with Crippen molar-refractivity contribution in [3.05, 3.63) is 53.6 Å². The summed E-state index contributed by atoms with van der Waals surface area (Å²) >= 11 is 1.34. The average Bonchev–Trinajstić information content (AvgIpc) is 3.30. The Bertz CT molecular complexity index is 813. The first-order valence-electron chi connectivity index (χ1n) is 8.09. The molecule has 1 aromatic carbocycles. The molecule has 1 unspecified atom stereocenters. The molecule has 0 bridgehead atoms. The molecule has 130 valence electrons. The summed E-state index contributed by atoms with van der Waals surface area (Å²) in [5, 5.41) is 3.71. The van der Waals surface area contributed by atoms with Gasteiger partial charge in [-0.1, -0.05) is 30.3 Å². The third-order valence-corrected chi connectivity index (χ3v) is 4.81. The summed E-state index contributed by atoms with van der Waals surface area (Å²) in [4.78, 5) is 18.0. The van der Waals surface area contributed by atoms with Crippen molar-refractivity contribution in [3.63, 3.8) is 0 Å². The molecule has 0 aliphatic heterocycles. The normalized spacial score (nSPS) is 12.1. The summed E-state index contributed by atoms with van der Waals surface area (Å²) < 4.78 is 10.5. The maximum atomic E-state index is 12.8. The predicted octanol–water partition coefficient (Wildman–Crippen LogP) is 4.22. The zero-order chi connectivity index (χ0) is 17.6. The van der Waals surface area contributed by atoms with Crippen LogP contribution >= 0.6 is 11.3 Å². The topological polar surface area (TPSA) is 64.4 Å². The van der Waals surface area contributed by atoms with E-state index in [1.807, 2.05) is 49.4 Å². The maximum absolute atomic E-state index is 12.8. The lowest BCUT2D eigenvalue weighted by molar-refractivity contribution is 0.0934. The van der Waals surface area contributed by atoms with E-state index >= 15 is 0 Å². The van der Waals surface area contributed by atoms with Gasteiger partial charge < -0.3 is 14.5 Å². The van der Waals surface area contributed by atoms with Crippen LogP contribution in [0.4, 0.5) is 0 Å². The van der Waals surface area contributed by atoms with E-state index in [0.717, 1.165) is 12.0 Å². The third kappa shape index (κ3) is 4.15. The number of benzene rings is 1. The fourth-order valence-corrected chi connectivity index (χ4v) is 3.39. The molecule has 2 aromatic heterocycles. The van der Waals surface area contributed by atoms with E-state index in [1.165, 1.54) is 11.3 Å². The van der Waals surface area contributed by atoms with Crippen molar-refractivity contribution in [1.82, 2.24) is 10.3 Å². The van der Waals surface area contributed by atoms with E-state index in [4.69, 9.17) is 9.15 Å². The zero-order valence-corrected chi connectivity index (χ0v) is 15.0. The molecule has 5 nitrogen and oxygen atoms in total. The molecule has 0 spiro atoms. The van der Waals surface area contributed by atoms with Crippen LogP contribution in [0.25, 0.3) is 22.0 Å². The van der Waals surface area contributed by atoms with Crippen molar-refractivity contribution >= 4 is 17.2 Å². The predicted molar refractivity (Wildman–Crippen MR) is 98.7 cm³/mol. The molecule has 1 amide bonds. The number of methoxy groups -OCH3 is 1. The van der Waals surface area contributed by atoms with Crippen molar-refractivity contribution in [2.24, 2.45) is 0 Å². The number of carbonyl (C=O) groups is 1. The van der Waals surface area contributed by atoms with Crippen molar-refractivity contribution in [3.8, 4) is 22.0 Å². The average molecular weight is 356 g/mol. The Hall–Kier alpha value is -2.44. The van der Waals surface area contributed by atoms with Gasteiger partial charge in [0.05, 0.1) is 12.0 Å². The molecule has 0 saturated carbocycles. The standard InChI is InChI=1S/C19H20N2O3S/c1-13(10-12-23-2)20-18(22)17-16(14-7-4-3-5-8-14)21-19(25-17)15-9-6-11-24-15/h3-9,11,13H,10,12H2,1-2H3,(H,20,22). The van der Waals surface area contributed by atoms with Gasteiger partial charge >= 0.3 is 0 Å². The van der Waals surface area contributed by atoms with Gasteiger partial charge in [0.2, 0.25) is 0 Å². The molecule has 0 saturated heterocycles. The van der Waals surface area contributed by atoms with Gasteiger partial charge in [0.1, 0.15) is 4.88 Å². The minimum atomic E-state index is -0.127. The number of carbonyl (C=O) groups excluding carboxylic acids is 1. The summed E-state index contributed by atoms with van der Waals surface area (Å²) in [6.45, 7) is 2.57. The number of nitrogens with zero attached hydrogens (tertiary/aromatic N) is 1. The molecule has 0 radical (unpaired) electrons. The summed E-state index contributed by atoms with van der Waals surface area (Å²) in [5.74, 6) is 0.534. The monoisotopic (exact) mass is 356 g/mol. The Balaban J connectivity index is 1.92. The molecule has 0 aliphatic rings. The molecule has 6 heteroatoms. The summed E-state index contributed by atoms with van der Waals surface area (Å²) in [5.41, 5.74) is 1.58. The van der Waals surface area contributed by atoms with E-state index in [1.54, 1.807) is 13.4 Å². The zero-order valence-electron chi connectivity index (χ0n) is 14.2. The molecule has 1 atom stereocenters. The second-order valence-corrected chi connectivity index (χ2v) is 6.70. The summed E-state index contributed by atoms with van der Waals surface area (Å²) in [6.07, 6.45) is 2.36. The summed E-state index contributed by atoms with van der Waals surface area (Å²) in [7, 11) is 1.65.